The molecule has 8 heteroatoms. The highest BCUT2D eigenvalue weighted by atomic mass is 19.4. The summed E-state index contributed by atoms with van der Waals surface area (Å²) in [7, 11) is 0. The summed E-state index contributed by atoms with van der Waals surface area (Å²) in [5.74, 6) is 0.574. The molecule has 1 aliphatic heterocycles. The zero-order valence-corrected chi connectivity index (χ0v) is 24.9. The van der Waals surface area contributed by atoms with Crippen LogP contribution in [-0.4, -0.2) is 27.3 Å². The third-order valence-corrected chi connectivity index (χ3v) is 9.51. The molecule has 1 amide bonds. The Balaban J connectivity index is 1.07. The van der Waals surface area contributed by atoms with Crippen molar-refractivity contribution in [3.63, 3.8) is 0 Å². The van der Waals surface area contributed by atoms with Gasteiger partial charge in [0.05, 0.1) is 35.2 Å². The van der Waals surface area contributed by atoms with Gasteiger partial charge in [-0.15, -0.1) is 0 Å². The Hall–Kier alpha value is -4.46. The van der Waals surface area contributed by atoms with Crippen LogP contribution in [0.5, 0.6) is 0 Å². The highest BCUT2D eigenvalue weighted by molar-refractivity contribution is 5.80. The van der Waals surface area contributed by atoms with Crippen molar-refractivity contribution in [3.05, 3.63) is 129 Å². The van der Waals surface area contributed by atoms with Gasteiger partial charge in [0.25, 0.3) is 5.56 Å². The molecule has 1 saturated carbocycles. The second kappa shape index (κ2) is 11.5. The summed E-state index contributed by atoms with van der Waals surface area (Å²) in [5.41, 5.74) is 5.67. The molecule has 230 valence electrons. The molecule has 5 nitrogen and oxygen atoms in total. The average molecular weight is 610 g/mol. The average Bonchev–Trinajstić information content (AvgIpc) is 3.87. The lowest BCUT2D eigenvalue weighted by Crippen LogP contribution is -2.41. The standard InChI is InChI=1S/C37H34F3N3O2/c38-37(39,40)30-14-6-12-28(22-30)26-10-4-7-24(19-26)20-33(44)43-18-15-32-31(23-43)34(45)42-35(41-32)36(16-17-36)29-13-5-11-27(21-29)25-8-2-1-3-9-25/h4-8,10-14,19,21-22H,1-3,9,15-18,20,23H2,(H,41,42,45). The molecule has 4 aromatic rings. The number of nitrogens with one attached hydrogen (secondary N) is 1. The molecule has 45 heavy (non-hydrogen) atoms. The number of carbonyl (C=O) groups is 1. The molecule has 1 aromatic heterocycles. The molecular weight excluding hydrogens is 575 g/mol. The van der Waals surface area contributed by atoms with Gasteiger partial charge < -0.3 is 9.88 Å². The van der Waals surface area contributed by atoms with Gasteiger partial charge in [-0.1, -0.05) is 66.7 Å². The van der Waals surface area contributed by atoms with E-state index in [4.69, 9.17) is 4.98 Å². The van der Waals surface area contributed by atoms with Crippen molar-refractivity contribution in [3.8, 4) is 11.1 Å². The van der Waals surface area contributed by atoms with E-state index in [1.165, 1.54) is 35.6 Å². The molecular formula is C37H34F3N3O2. The molecule has 0 spiro atoms. The van der Waals surface area contributed by atoms with E-state index in [-0.39, 0.29) is 29.8 Å². The summed E-state index contributed by atoms with van der Waals surface area (Å²) < 4.78 is 39.7. The number of hydrogen-bond acceptors (Lipinski definition) is 3. The number of amides is 1. The second-order valence-electron chi connectivity index (χ2n) is 12.5. The molecule has 1 N–H and O–H groups in total. The normalized spacial score (nSPS) is 17.4. The number of benzene rings is 3. The van der Waals surface area contributed by atoms with Crippen molar-refractivity contribution in [1.29, 1.82) is 0 Å². The lowest BCUT2D eigenvalue weighted by molar-refractivity contribution is -0.137. The van der Waals surface area contributed by atoms with E-state index < -0.39 is 11.7 Å². The van der Waals surface area contributed by atoms with Crippen molar-refractivity contribution < 1.29 is 18.0 Å². The number of halogens is 3. The Bertz CT molecular complexity index is 1870. The summed E-state index contributed by atoms with van der Waals surface area (Å²) in [6.45, 7) is 0.631. The molecule has 0 bridgehead atoms. The zero-order valence-electron chi connectivity index (χ0n) is 24.9. The number of aromatic amines is 1. The molecule has 3 aromatic carbocycles. The minimum Gasteiger partial charge on any atom is -0.337 e. The van der Waals surface area contributed by atoms with Crippen molar-refractivity contribution in [2.75, 3.05) is 6.54 Å². The SMILES string of the molecule is O=C(Cc1cccc(-c2cccc(C(F)(F)F)c2)c1)N1CCc2nc(C3(c4cccc(C5=CCCCC5)c4)CC3)[nH]c(=O)c2C1. The first-order chi connectivity index (χ1) is 21.7. The lowest BCUT2D eigenvalue weighted by atomic mass is 9.88. The van der Waals surface area contributed by atoms with E-state index in [1.807, 2.05) is 0 Å². The molecule has 0 atom stereocenters. The molecule has 7 rings (SSSR count). The zero-order chi connectivity index (χ0) is 31.2. The van der Waals surface area contributed by atoms with Gasteiger partial charge in [0.2, 0.25) is 5.91 Å². The number of carbonyl (C=O) groups excluding carboxylic acids is 1. The fraction of sp³-hybridized carbons (Fsp3) is 0.324. The summed E-state index contributed by atoms with van der Waals surface area (Å²) in [5, 5.41) is 0. The van der Waals surface area contributed by atoms with E-state index >= 15 is 0 Å². The number of aromatic nitrogens is 2. The molecule has 0 unspecified atom stereocenters. The van der Waals surface area contributed by atoms with E-state index in [1.54, 1.807) is 35.2 Å². The largest absolute Gasteiger partial charge is 0.416 e. The van der Waals surface area contributed by atoms with Gasteiger partial charge >= 0.3 is 6.18 Å². The molecule has 2 aliphatic carbocycles. The molecule has 0 saturated heterocycles. The third-order valence-electron chi connectivity index (χ3n) is 9.51. The van der Waals surface area contributed by atoms with Crippen LogP contribution in [0.1, 0.15) is 77.9 Å². The fourth-order valence-electron chi connectivity index (χ4n) is 6.79. The maximum Gasteiger partial charge on any atom is 0.416 e. The Labute approximate surface area is 259 Å². The number of nitrogens with zero attached hydrogens (tertiary/aromatic N) is 2. The predicted molar refractivity (Wildman–Crippen MR) is 167 cm³/mol. The summed E-state index contributed by atoms with van der Waals surface area (Å²) >= 11 is 0. The van der Waals surface area contributed by atoms with Crippen LogP contribution >= 0.6 is 0 Å². The van der Waals surface area contributed by atoms with Crippen molar-refractivity contribution in [2.24, 2.45) is 0 Å². The monoisotopic (exact) mass is 609 g/mol. The maximum atomic E-state index is 13.4. The van der Waals surface area contributed by atoms with E-state index in [9.17, 15) is 22.8 Å². The fourth-order valence-corrected chi connectivity index (χ4v) is 6.79. The smallest absolute Gasteiger partial charge is 0.337 e. The van der Waals surface area contributed by atoms with Crippen LogP contribution in [0.4, 0.5) is 13.2 Å². The quantitative estimate of drug-likeness (QED) is 0.245. The Kier molecular flexibility index (Phi) is 7.46. The van der Waals surface area contributed by atoms with E-state index in [2.05, 4.69) is 35.3 Å². The summed E-state index contributed by atoms with van der Waals surface area (Å²) in [4.78, 5) is 36.5. The lowest BCUT2D eigenvalue weighted by Gasteiger charge is -2.29. The number of H-pyrrole nitrogens is 1. The molecule has 1 fully saturated rings. The first kappa shape index (κ1) is 29.3. The third kappa shape index (κ3) is 5.86. The van der Waals surface area contributed by atoms with Gasteiger partial charge in [0.1, 0.15) is 5.82 Å². The van der Waals surface area contributed by atoms with Crippen LogP contribution in [0, 0.1) is 0 Å². The highest BCUT2D eigenvalue weighted by Crippen LogP contribution is 2.52. The molecule has 0 radical (unpaired) electrons. The Morgan fingerprint density at radius 1 is 0.911 bits per heavy atom. The highest BCUT2D eigenvalue weighted by Gasteiger charge is 2.49. The van der Waals surface area contributed by atoms with Gasteiger partial charge in [-0.2, -0.15) is 13.2 Å². The number of hydrogen-bond donors (Lipinski definition) is 1. The van der Waals surface area contributed by atoms with Crippen LogP contribution in [0.25, 0.3) is 16.7 Å². The van der Waals surface area contributed by atoms with Crippen molar-refractivity contribution in [2.45, 2.75) is 69.5 Å². The second-order valence-corrected chi connectivity index (χ2v) is 12.5. The maximum absolute atomic E-state index is 13.4. The number of rotatable bonds is 6. The Morgan fingerprint density at radius 3 is 2.42 bits per heavy atom. The summed E-state index contributed by atoms with van der Waals surface area (Å²) in [6.07, 6.45) is 5.03. The summed E-state index contributed by atoms with van der Waals surface area (Å²) in [6, 6.07) is 20.9. The minimum atomic E-state index is -4.43. The number of alkyl halides is 3. The van der Waals surface area contributed by atoms with Gasteiger partial charge in [-0.25, -0.2) is 4.98 Å². The molecule has 3 aliphatic rings. The number of fused-ring (bicyclic) bond motifs is 1. The van der Waals surface area contributed by atoms with Crippen LogP contribution in [0.3, 0.4) is 0 Å². The van der Waals surface area contributed by atoms with Crippen LogP contribution in [0.15, 0.2) is 83.7 Å². The van der Waals surface area contributed by atoms with Gasteiger partial charge in [0.15, 0.2) is 0 Å². The molecule has 2 heterocycles. The van der Waals surface area contributed by atoms with Gasteiger partial charge in [-0.3, -0.25) is 9.59 Å². The van der Waals surface area contributed by atoms with Crippen molar-refractivity contribution >= 4 is 11.5 Å². The predicted octanol–water partition coefficient (Wildman–Crippen LogP) is 7.62. The van der Waals surface area contributed by atoms with Gasteiger partial charge in [0, 0.05) is 13.0 Å². The van der Waals surface area contributed by atoms with E-state index in [0.717, 1.165) is 43.5 Å². The topological polar surface area (TPSA) is 66.1 Å². The van der Waals surface area contributed by atoms with Crippen molar-refractivity contribution in [1.82, 2.24) is 14.9 Å². The van der Waals surface area contributed by atoms with Crippen LogP contribution in [0.2, 0.25) is 0 Å². The van der Waals surface area contributed by atoms with Crippen LogP contribution in [-0.2, 0) is 35.8 Å². The van der Waals surface area contributed by atoms with Crippen LogP contribution < -0.4 is 5.56 Å². The minimum absolute atomic E-state index is 0.0848. The number of allylic oxidation sites excluding steroid dienone is 2. The first-order valence-electron chi connectivity index (χ1n) is 15.7. The van der Waals surface area contributed by atoms with E-state index in [0.29, 0.717) is 41.0 Å². The first-order valence-corrected chi connectivity index (χ1v) is 15.7. The Morgan fingerprint density at radius 2 is 1.67 bits per heavy atom. The van der Waals surface area contributed by atoms with Gasteiger partial charge in [-0.05, 0) is 84.0 Å².